The van der Waals surface area contributed by atoms with E-state index in [9.17, 15) is 25.0 Å². The number of carbonyl (C=O) groups excluding carboxylic acids is 1. The van der Waals surface area contributed by atoms with E-state index < -0.39 is 9.85 Å². The van der Waals surface area contributed by atoms with Crippen LogP contribution in [0.25, 0.3) is 0 Å². The zero-order chi connectivity index (χ0) is 20.3. The van der Waals surface area contributed by atoms with Crippen molar-refractivity contribution in [3.63, 3.8) is 0 Å². The van der Waals surface area contributed by atoms with Crippen molar-refractivity contribution in [3.05, 3.63) is 68.1 Å². The second-order valence-electron chi connectivity index (χ2n) is 5.97. The van der Waals surface area contributed by atoms with Crippen molar-refractivity contribution in [2.45, 2.75) is 71.1 Å². The van der Waals surface area contributed by atoms with E-state index in [1.807, 2.05) is 18.4 Å². The maximum Gasteiger partial charge on any atom is 0.246 e. The minimum atomic E-state index is -0.463. The van der Waals surface area contributed by atoms with Crippen LogP contribution in [0, 0.1) is 20.2 Å². The number of allylic oxidation sites excluding steroid dienone is 7. The summed E-state index contributed by atoms with van der Waals surface area (Å²) in [6, 6.07) is 0. The van der Waals surface area contributed by atoms with Crippen molar-refractivity contribution in [1.29, 1.82) is 0 Å². The van der Waals surface area contributed by atoms with Crippen LogP contribution in [0.3, 0.4) is 0 Å². The second kappa shape index (κ2) is 16.9. The van der Waals surface area contributed by atoms with Gasteiger partial charge in [0.15, 0.2) is 6.29 Å². The largest absolute Gasteiger partial charge is 0.291 e. The van der Waals surface area contributed by atoms with E-state index in [-0.39, 0.29) is 30.7 Å². The summed E-state index contributed by atoms with van der Waals surface area (Å²) in [5.41, 5.74) is 0.106. The second-order valence-corrected chi connectivity index (χ2v) is 5.97. The molecule has 0 atom stereocenters. The van der Waals surface area contributed by atoms with Crippen molar-refractivity contribution >= 4 is 6.29 Å². The molecule has 0 N–H and O–H groups in total. The number of rotatable bonds is 16. The molecule has 27 heavy (non-hydrogen) atoms. The molecule has 0 aromatic rings. The van der Waals surface area contributed by atoms with Gasteiger partial charge in [0.1, 0.15) is 0 Å². The predicted molar refractivity (Wildman–Crippen MR) is 106 cm³/mol. The Labute approximate surface area is 160 Å². The van der Waals surface area contributed by atoms with E-state index in [2.05, 4.69) is 6.08 Å². The number of nitrogens with zero attached hydrogens (tertiary/aromatic N) is 2. The lowest BCUT2D eigenvalue weighted by Crippen LogP contribution is -1.99. The Morgan fingerprint density at radius 2 is 1.48 bits per heavy atom. The summed E-state index contributed by atoms with van der Waals surface area (Å²) in [6.45, 7) is 1.68. The molecule has 149 valence electrons. The highest BCUT2D eigenvalue weighted by atomic mass is 16.6. The molecule has 0 aliphatic carbocycles. The summed E-state index contributed by atoms with van der Waals surface area (Å²) in [6.07, 6.45) is 19.5. The van der Waals surface area contributed by atoms with E-state index in [4.69, 9.17) is 0 Å². The lowest BCUT2D eigenvalue weighted by atomic mass is 10.1. The Morgan fingerprint density at radius 1 is 0.852 bits per heavy atom. The summed E-state index contributed by atoms with van der Waals surface area (Å²) >= 11 is 0. The number of hydrogen-bond donors (Lipinski definition) is 0. The third kappa shape index (κ3) is 14.3. The summed E-state index contributed by atoms with van der Waals surface area (Å²) in [5.74, 6) is 0. The van der Waals surface area contributed by atoms with Crippen molar-refractivity contribution in [2.24, 2.45) is 0 Å². The molecule has 0 bridgehead atoms. The Bertz CT molecular complexity index is 577. The van der Waals surface area contributed by atoms with Gasteiger partial charge in [0.05, 0.1) is 16.3 Å². The minimum Gasteiger partial charge on any atom is -0.291 e. The van der Waals surface area contributed by atoms with Crippen LogP contribution in [0.15, 0.2) is 47.9 Å². The molecule has 0 heterocycles. The van der Waals surface area contributed by atoms with E-state index in [0.29, 0.717) is 12.8 Å². The highest BCUT2D eigenvalue weighted by molar-refractivity contribution is 5.50. The van der Waals surface area contributed by atoms with Crippen LogP contribution in [-0.2, 0) is 4.79 Å². The van der Waals surface area contributed by atoms with E-state index in [1.54, 1.807) is 13.0 Å². The van der Waals surface area contributed by atoms with Gasteiger partial charge in [-0.25, -0.2) is 0 Å². The lowest BCUT2D eigenvalue weighted by molar-refractivity contribution is -0.428. The lowest BCUT2D eigenvalue weighted by Gasteiger charge is -1.95. The van der Waals surface area contributed by atoms with Gasteiger partial charge in [-0.1, -0.05) is 44.1 Å². The topological polar surface area (TPSA) is 103 Å². The quantitative estimate of drug-likeness (QED) is 0.154. The Kier molecular flexibility index (Phi) is 15.3. The van der Waals surface area contributed by atoms with Crippen LogP contribution in [0.4, 0.5) is 0 Å². The van der Waals surface area contributed by atoms with E-state index in [0.717, 1.165) is 32.1 Å². The normalized spacial score (nSPS) is 12.8. The fraction of sp³-hybridized carbons (Fsp3) is 0.550. The van der Waals surface area contributed by atoms with Gasteiger partial charge in [0, 0.05) is 12.8 Å². The Hall–Kier alpha value is -2.57. The van der Waals surface area contributed by atoms with Gasteiger partial charge in [0.25, 0.3) is 0 Å². The molecule has 0 rings (SSSR count). The summed E-state index contributed by atoms with van der Waals surface area (Å²) < 4.78 is 0. The zero-order valence-corrected chi connectivity index (χ0v) is 16.0. The van der Waals surface area contributed by atoms with E-state index in [1.165, 1.54) is 12.2 Å². The summed E-state index contributed by atoms with van der Waals surface area (Å²) in [4.78, 5) is 30.9. The number of nitro groups is 2. The van der Waals surface area contributed by atoms with Crippen LogP contribution < -0.4 is 0 Å². The first kappa shape index (κ1) is 24.4. The molecule has 7 heteroatoms. The highest BCUT2D eigenvalue weighted by Crippen LogP contribution is 2.09. The van der Waals surface area contributed by atoms with Crippen LogP contribution in [0.2, 0.25) is 0 Å². The average molecular weight is 377 g/mol. The summed E-state index contributed by atoms with van der Waals surface area (Å²) in [5, 5.41) is 21.7. The third-order valence-corrected chi connectivity index (χ3v) is 3.87. The fourth-order valence-corrected chi connectivity index (χ4v) is 2.32. The van der Waals surface area contributed by atoms with Gasteiger partial charge in [0.2, 0.25) is 11.4 Å². The first-order valence-electron chi connectivity index (χ1n) is 9.34. The minimum absolute atomic E-state index is 0.0397. The van der Waals surface area contributed by atoms with E-state index >= 15 is 0 Å². The SMILES string of the molecule is CC/C(=C\C/C=C(\C/C=C\C/C=C\CCCCCC[C]=O)[N+](=O)[O-])[N+](=O)[O-]. The Morgan fingerprint density at radius 3 is 2.11 bits per heavy atom. The fourth-order valence-electron chi connectivity index (χ4n) is 2.32. The van der Waals surface area contributed by atoms with Gasteiger partial charge >= 0.3 is 0 Å². The molecule has 0 amide bonds. The first-order chi connectivity index (χ1) is 13.0. The molecule has 0 saturated carbocycles. The van der Waals surface area contributed by atoms with Crippen LogP contribution in [0.1, 0.15) is 71.1 Å². The zero-order valence-electron chi connectivity index (χ0n) is 16.0. The van der Waals surface area contributed by atoms with Crippen molar-refractivity contribution in [2.75, 3.05) is 0 Å². The smallest absolute Gasteiger partial charge is 0.246 e. The maximum atomic E-state index is 11.0. The van der Waals surface area contributed by atoms with Crippen molar-refractivity contribution in [1.82, 2.24) is 0 Å². The predicted octanol–water partition coefficient (Wildman–Crippen LogP) is 5.45. The monoisotopic (exact) mass is 377 g/mol. The highest BCUT2D eigenvalue weighted by Gasteiger charge is 2.09. The van der Waals surface area contributed by atoms with Gasteiger partial charge < -0.3 is 0 Å². The van der Waals surface area contributed by atoms with Crippen molar-refractivity contribution in [3.8, 4) is 0 Å². The van der Waals surface area contributed by atoms with Crippen LogP contribution >= 0.6 is 0 Å². The molecular formula is C20H29N2O5. The van der Waals surface area contributed by atoms with Gasteiger partial charge in [-0.2, -0.15) is 0 Å². The molecule has 0 fully saturated rings. The van der Waals surface area contributed by atoms with Gasteiger partial charge in [-0.05, 0) is 44.3 Å². The molecule has 0 spiro atoms. The molecule has 0 saturated heterocycles. The molecule has 7 nitrogen and oxygen atoms in total. The molecule has 0 aliphatic heterocycles. The van der Waals surface area contributed by atoms with Gasteiger partial charge in [-0.15, -0.1) is 0 Å². The maximum absolute atomic E-state index is 11.0. The molecular weight excluding hydrogens is 348 g/mol. The third-order valence-electron chi connectivity index (χ3n) is 3.87. The van der Waals surface area contributed by atoms with Gasteiger partial charge in [-0.3, -0.25) is 25.0 Å². The molecule has 0 aromatic heterocycles. The summed E-state index contributed by atoms with van der Waals surface area (Å²) in [7, 11) is 0. The van der Waals surface area contributed by atoms with Crippen LogP contribution in [0.5, 0.6) is 0 Å². The standard InChI is InChI=1S/C20H29N2O5/c1-2-19(21(24)25)16-14-17-20(22(26)27)15-12-10-8-6-4-3-5-7-9-11-13-18-23/h4,6,10,12,16-17H,2-3,5,7-9,11,13-15H2,1H3/b6-4-,12-10-,19-16+,20-17+. The molecule has 0 unspecified atom stereocenters. The average Bonchev–Trinajstić information content (AvgIpc) is 2.63. The molecule has 0 aromatic carbocycles. The van der Waals surface area contributed by atoms with Crippen LogP contribution in [-0.4, -0.2) is 16.1 Å². The Balaban J connectivity index is 4.15. The molecule has 0 aliphatic rings. The number of hydrogen-bond acceptors (Lipinski definition) is 5. The molecule has 1 radical (unpaired) electrons. The first-order valence-corrected chi connectivity index (χ1v) is 9.34. The van der Waals surface area contributed by atoms with Crippen molar-refractivity contribution < 1.29 is 14.6 Å². The number of unbranched alkanes of at least 4 members (excludes halogenated alkanes) is 5.